The topological polar surface area (TPSA) is 24.9 Å². The quantitative estimate of drug-likeness (QED) is 0.779. The first-order chi connectivity index (χ1) is 9.65. The Morgan fingerprint density at radius 3 is 2.65 bits per heavy atom. The van der Waals surface area contributed by atoms with Crippen molar-refractivity contribution < 1.29 is 0 Å². The molecule has 0 fully saturated rings. The Bertz CT molecular complexity index is 581. The van der Waals surface area contributed by atoms with E-state index in [9.17, 15) is 0 Å². The van der Waals surface area contributed by atoms with Crippen LogP contribution in [-0.4, -0.2) is 11.5 Å². The lowest BCUT2D eigenvalue weighted by molar-refractivity contribution is 0.592. The largest absolute Gasteiger partial charge is 0.306 e. The van der Waals surface area contributed by atoms with E-state index in [1.54, 1.807) is 0 Å². The average molecular weight is 380 g/mol. The molecule has 0 aliphatic rings. The molecule has 0 spiro atoms. The van der Waals surface area contributed by atoms with Gasteiger partial charge in [-0.05, 0) is 77.7 Å². The molecule has 1 N–H and O–H groups in total. The molecule has 0 bridgehead atoms. The van der Waals surface area contributed by atoms with Crippen LogP contribution in [0.25, 0.3) is 0 Å². The van der Waals surface area contributed by atoms with Gasteiger partial charge >= 0.3 is 0 Å². The summed E-state index contributed by atoms with van der Waals surface area (Å²) >= 11 is 2.45. The molecule has 1 heterocycles. The molecule has 3 heteroatoms. The Morgan fingerprint density at radius 1 is 1.15 bits per heavy atom. The summed E-state index contributed by atoms with van der Waals surface area (Å²) in [7, 11) is 0. The van der Waals surface area contributed by atoms with E-state index >= 15 is 0 Å². The molecule has 1 aromatic heterocycles. The number of halogens is 1. The van der Waals surface area contributed by atoms with Gasteiger partial charge in [-0.1, -0.05) is 25.1 Å². The Morgan fingerprint density at radius 2 is 1.95 bits per heavy atom. The van der Waals surface area contributed by atoms with Gasteiger partial charge in [0.1, 0.15) is 0 Å². The Labute approximate surface area is 135 Å². The number of benzene rings is 1. The van der Waals surface area contributed by atoms with Gasteiger partial charge in [-0.15, -0.1) is 0 Å². The maximum atomic E-state index is 4.31. The van der Waals surface area contributed by atoms with E-state index in [1.807, 2.05) is 12.4 Å². The fraction of sp³-hybridized carbons (Fsp3) is 0.353. The smallest absolute Gasteiger partial charge is 0.0605 e. The van der Waals surface area contributed by atoms with E-state index in [-0.39, 0.29) is 6.04 Å². The Hall–Kier alpha value is -0.940. The van der Waals surface area contributed by atoms with Crippen molar-refractivity contribution in [2.24, 2.45) is 0 Å². The zero-order valence-electron chi connectivity index (χ0n) is 12.3. The number of hydrogen-bond acceptors (Lipinski definition) is 2. The number of rotatable bonds is 5. The molecule has 2 aromatic rings. The van der Waals surface area contributed by atoms with Crippen LogP contribution in [0.2, 0.25) is 0 Å². The van der Waals surface area contributed by atoms with Gasteiger partial charge in [-0.25, -0.2) is 0 Å². The van der Waals surface area contributed by atoms with Crippen LogP contribution >= 0.6 is 22.6 Å². The number of nitrogens with one attached hydrogen (secondary N) is 1. The molecule has 1 aromatic carbocycles. The first-order valence-corrected chi connectivity index (χ1v) is 8.12. The van der Waals surface area contributed by atoms with Gasteiger partial charge in [0.2, 0.25) is 0 Å². The van der Waals surface area contributed by atoms with E-state index in [1.165, 1.54) is 25.8 Å². The third-order valence-corrected chi connectivity index (χ3v) is 5.00. The van der Waals surface area contributed by atoms with Crippen LogP contribution in [0.3, 0.4) is 0 Å². The summed E-state index contributed by atoms with van der Waals surface area (Å²) in [6.07, 6.45) is 4.97. The van der Waals surface area contributed by atoms with Gasteiger partial charge in [-0.2, -0.15) is 0 Å². The minimum absolute atomic E-state index is 0.218. The van der Waals surface area contributed by atoms with Crippen molar-refractivity contribution in [2.75, 3.05) is 6.54 Å². The fourth-order valence-electron chi connectivity index (χ4n) is 2.35. The van der Waals surface area contributed by atoms with Gasteiger partial charge < -0.3 is 5.32 Å². The van der Waals surface area contributed by atoms with E-state index in [0.717, 1.165) is 13.0 Å². The Kier molecular flexibility index (Phi) is 5.54. The average Bonchev–Trinajstić information content (AvgIpc) is 2.45. The van der Waals surface area contributed by atoms with Crippen molar-refractivity contribution in [2.45, 2.75) is 33.2 Å². The third-order valence-electron chi connectivity index (χ3n) is 3.52. The molecular weight excluding hydrogens is 359 g/mol. The molecule has 0 amide bonds. The van der Waals surface area contributed by atoms with E-state index < -0.39 is 0 Å². The summed E-state index contributed by atoms with van der Waals surface area (Å²) in [6.45, 7) is 7.52. The number of aromatic nitrogens is 1. The fourth-order valence-corrected chi connectivity index (χ4v) is 3.02. The van der Waals surface area contributed by atoms with Crippen molar-refractivity contribution in [3.05, 3.63) is 62.5 Å². The first-order valence-electron chi connectivity index (χ1n) is 7.04. The number of nitrogens with zero attached hydrogens (tertiary/aromatic N) is 1. The lowest BCUT2D eigenvalue weighted by Gasteiger charge is -2.23. The summed E-state index contributed by atoms with van der Waals surface area (Å²) in [4.78, 5) is 4.31. The molecular formula is C17H21IN2. The van der Waals surface area contributed by atoms with E-state index in [0.29, 0.717) is 0 Å². The summed E-state index contributed by atoms with van der Waals surface area (Å²) < 4.78 is 1.34. The van der Waals surface area contributed by atoms with Gasteiger partial charge in [0.15, 0.2) is 0 Å². The highest BCUT2D eigenvalue weighted by Crippen LogP contribution is 2.29. The monoisotopic (exact) mass is 380 g/mol. The molecule has 0 saturated carbocycles. The van der Waals surface area contributed by atoms with Crippen molar-refractivity contribution in [3.63, 3.8) is 0 Å². The summed E-state index contributed by atoms with van der Waals surface area (Å²) in [6, 6.07) is 8.82. The maximum Gasteiger partial charge on any atom is 0.0605 e. The zero-order valence-corrected chi connectivity index (χ0v) is 14.4. The van der Waals surface area contributed by atoms with Crippen LogP contribution in [0.4, 0.5) is 0 Å². The summed E-state index contributed by atoms with van der Waals surface area (Å²) in [5, 5.41) is 3.67. The van der Waals surface area contributed by atoms with Crippen LogP contribution in [0.15, 0.2) is 36.7 Å². The van der Waals surface area contributed by atoms with Crippen LogP contribution in [0.1, 0.15) is 41.6 Å². The zero-order chi connectivity index (χ0) is 14.5. The molecule has 2 rings (SSSR count). The number of pyridine rings is 1. The van der Waals surface area contributed by atoms with E-state index in [4.69, 9.17) is 0 Å². The molecule has 0 aliphatic carbocycles. The molecule has 0 aliphatic heterocycles. The standard InChI is InChI=1S/C17H21IN2/c1-4-9-20-17(15-11-19-10-8-12(15)2)14-7-5-6-13(3)16(14)18/h5-8,10-11,17,20H,4,9H2,1-3H3. The summed E-state index contributed by atoms with van der Waals surface area (Å²) in [5.41, 5.74) is 5.22. The van der Waals surface area contributed by atoms with Gasteiger partial charge in [0.05, 0.1) is 6.04 Å². The van der Waals surface area contributed by atoms with Gasteiger partial charge in [-0.3, -0.25) is 4.98 Å². The summed E-state index contributed by atoms with van der Waals surface area (Å²) in [5.74, 6) is 0. The SMILES string of the molecule is CCCNC(c1cnccc1C)c1cccc(C)c1I. The lowest BCUT2D eigenvalue weighted by Crippen LogP contribution is -2.25. The highest BCUT2D eigenvalue weighted by molar-refractivity contribution is 14.1. The number of aryl methyl sites for hydroxylation is 2. The highest BCUT2D eigenvalue weighted by atomic mass is 127. The molecule has 106 valence electrons. The molecule has 2 nitrogen and oxygen atoms in total. The normalized spacial score (nSPS) is 12.4. The molecule has 20 heavy (non-hydrogen) atoms. The maximum absolute atomic E-state index is 4.31. The van der Waals surface area contributed by atoms with Crippen molar-refractivity contribution in [1.29, 1.82) is 0 Å². The predicted molar refractivity (Wildman–Crippen MR) is 93.0 cm³/mol. The Balaban J connectivity index is 2.47. The van der Waals surface area contributed by atoms with Crippen molar-refractivity contribution in [3.8, 4) is 0 Å². The minimum atomic E-state index is 0.218. The number of hydrogen-bond donors (Lipinski definition) is 1. The van der Waals surface area contributed by atoms with Crippen molar-refractivity contribution in [1.82, 2.24) is 10.3 Å². The second-order valence-corrected chi connectivity index (χ2v) is 6.18. The lowest BCUT2D eigenvalue weighted by atomic mass is 9.95. The molecule has 0 saturated heterocycles. The second kappa shape index (κ2) is 7.18. The first kappa shape index (κ1) is 15.4. The molecule has 1 atom stereocenters. The van der Waals surface area contributed by atoms with E-state index in [2.05, 4.69) is 77.9 Å². The highest BCUT2D eigenvalue weighted by Gasteiger charge is 2.18. The van der Waals surface area contributed by atoms with Crippen LogP contribution in [0, 0.1) is 17.4 Å². The molecule has 1 unspecified atom stereocenters. The molecule has 0 radical (unpaired) electrons. The van der Waals surface area contributed by atoms with Gasteiger partial charge in [0, 0.05) is 16.0 Å². The second-order valence-electron chi connectivity index (χ2n) is 5.10. The third kappa shape index (κ3) is 3.38. The minimum Gasteiger partial charge on any atom is -0.306 e. The van der Waals surface area contributed by atoms with Crippen LogP contribution in [-0.2, 0) is 0 Å². The van der Waals surface area contributed by atoms with Crippen LogP contribution < -0.4 is 5.32 Å². The predicted octanol–water partition coefficient (Wildman–Crippen LogP) is 4.39. The van der Waals surface area contributed by atoms with Crippen LogP contribution in [0.5, 0.6) is 0 Å². The van der Waals surface area contributed by atoms with Crippen molar-refractivity contribution >= 4 is 22.6 Å². The van der Waals surface area contributed by atoms with Gasteiger partial charge in [0.25, 0.3) is 0 Å².